The normalized spacial score (nSPS) is 10.2. The monoisotopic (exact) mass is 246 g/mol. The summed E-state index contributed by atoms with van der Waals surface area (Å²) in [5, 5.41) is 6.43. The van der Waals surface area contributed by atoms with Gasteiger partial charge in [0.05, 0.1) is 6.42 Å². The lowest BCUT2D eigenvalue weighted by molar-refractivity contribution is -0.120. The molecule has 6 heteroatoms. The Hall–Kier alpha value is -2.37. The van der Waals surface area contributed by atoms with Crippen LogP contribution in [0, 0.1) is 0 Å². The number of amides is 1. The van der Waals surface area contributed by atoms with Crippen molar-refractivity contribution in [3.8, 4) is 0 Å². The van der Waals surface area contributed by atoms with Crippen molar-refractivity contribution in [3.63, 3.8) is 0 Å². The average molecular weight is 246 g/mol. The lowest BCUT2D eigenvalue weighted by Crippen LogP contribution is -2.27. The summed E-state index contributed by atoms with van der Waals surface area (Å²) in [7, 11) is 0. The number of hydrogen-bond donors (Lipinski definition) is 2. The summed E-state index contributed by atoms with van der Waals surface area (Å²) in [6.07, 6.45) is 2.09. The zero-order valence-corrected chi connectivity index (χ0v) is 9.80. The van der Waals surface area contributed by atoms with Gasteiger partial charge < -0.3 is 15.6 Å². The SMILES string of the molecule is Nc1ccccc1CC(=O)NCCc1ncon1. The number of anilines is 1. The molecule has 0 saturated carbocycles. The quantitative estimate of drug-likeness (QED) is 0.751. The van der Waals surface area contributed by atoms with E-state index in [2.05, 4.69) is 20.0 Å². The minimum atomic E-state index is -0.0728. The maximum Gasteiger partial charge on any atom is 0.224 e. The molecule has 0 bridgehead atoms. The van der Waals surface area contributed by atoms with E-state index in [1.54, 1.807) is 6.07 Å². The lowest BCUT2D eigenvalue weighted by atomic mass is 10.1. The third kappa shape index (κ3) is 3.31. The average Bonchev–Trinajstić information content (AvgIpc) is 2.85. The summed E-state index contributed by atoms with van der Waals surface area (Å²) < 4.78 is 4.59. The zero-order valence-electron chi connectivity index (χ0n) is 9.80. The number of nitrogens with two attached hydrogens (primary N) is 1. The number of aromatic nitrogens is 2. The molecule has 0 atom stereocenters. The first kappa shape index (κ1) is 12.1. The third-order valence-electron chi connectivity index (χ3n) is 2.48. The van der Waals surface area contributed by atoms with Crippen molar-refractivity contribution in [2.24, 2.45) is 0 Å². The van der Waals surface area contributed by atoms with Crippen molar-refractivity contribution in [2.75, 3.05) is 12.3 Å². The van der Waals surface area contributed by atoms with Crippen LogP contribution in [0.1, 0.15) is 11.4 Å². The van der Waals surface area contributed by atoms with Gasteiger partial charge in [0, 0.05) is 18.7 Å². The van der Waals surface area contributed by atoms with Crippen LogP contribution in [-0.4, -0.2) is 22.6 Å². The first-order chi connectivity index (χ1) is 8.75. The second-order valence-corrected chi connectivity index (χ2v) is 3.82. The van der Waals surface area contributed by atoms with E-state index in [-0.39, 0.29) is 12.3 Å². The van der Waals surface area contributed by atoms with Crippen LogP contribution in [0.3, 0.4) is 0 Å². The maximum absolute atomic E-state index is 11.7. The highest BCUT2D eigenvalue weighted by atomic mass is 16.5. The molecule has 6 nitrogen and oxygen atoms in total. The summed E-state index contributed by atoms with van der Waals surface area (Å²) in [4.78, 5) is 15.5. The van der Waals surface area contributed by atoms with Crippen LogP contribution in [0.25, 0.3) is 0 Å². The Kier molecular flexibility index (Phi) is 3.90. The fraction of sp³-hybridized carbons (Fsp3) is 0.250. The molecule has 0 radical (unpaired) electrons. The van der Waals surface area contributed by atoms with Crippen LogP contribution in [0.2, 0.25) is 0 Å². The highest BCUT2D eigenvalue weighted by Crippen LogP contribution is 2.10. The largest absolute Gasteiger partial charge is 0.398 e. The zero-order chi connectivity index (χ0) is 12.8. The van der Waals surface area contributed by atoms with Gasteiger partial charge in [0.2, 0.25) is 12.3 Å². The summed E-state index contributed by atoms with van der Waals surface area (Å²) >= 11 is 0. The van der Waals surface area contributed by atoms with Crippen molar-refractivity contribution in [2.45, 2.75) is 12.8 Å². The third-order valence-corrected chi connectivity index (χ3v) is 2.48. The Balaban J connectivity index is 1.77. The molecule has 0 saturated heterocycles. The number of nitrogens with zero attached hydrogens (tertiary/aromatic N) is 2. The second kappa shape index (κ2) is 5.81. The first-order valence-corrected chi connectivity index (χ1v) is 5.61. The van der Waals surface area contributed by atoms with Crippen LogP contribution in [0.15, 0.2) is 35.2 Å². The van der Waals surface area contributed by atoms with Gasteiger partial charge in [0.15, 0.2) is 5.82 Å². The number of rotatable bonds is 5. The number of nitrogens with one attached hydrogen (secondary N) is 1. The molecule has 2 rings (SSSR count). The molecule has 1 aromatic heterocycles. The molecule has 2 aromatic rings. The van der Waals surface area contributed by atoms with E-state index in [9.17, 15) is 4.79 Å². The van der Waals surface area contributed by atoms with E-state index < -0.39 is 0 Å². The highest BCUT2D eigenvalue weighted by molar-refractivity contribution is 5.80. The molecule has 3 N–H and O–H groups in total. The van der Waals surface area contributed by atoms with E-state index in [0.29, 0.717) is 24.5 Å². The minimum Gasteiger partial charge on any atom is -0.398 e. The van der Waals surface area contributed by atoms with Crippen LogP contribution in [0.4, 0.5) is 5.69 Å². The second-order valence-electron chi connectivity index (χ2n) is 3.82. The highest BCUT2D eigenvalue weighted by Gasteiger charge is 2.06. The van der Waals surface area contributed by atoms with E-state index in [0.717, 1.165) is 5.56 Å². The summed E-state index contributed by atoms with van der Waals surface area (Å²) in [6.45, 7) is 0.477. The van der Waals surface area contributed by atoms with Crippen molar-refractivity contribution < 1.29 is 9.32 Å². The Labute approximate surface area is 104 Å². The maximum atomic E-state index is 11.7. The number of hydrogen-bond acceptors (Lipinski definition) is 5. The topological polar surface area (TPSA) is 94.0 Å². The van der Waals surface area contributed by atoms with Gasteiger partial charge in [-0.25, -0.2) is 0 Å². The summed E-state index contributed by atoms with van der Waals surface area (Å²) in [6, 6.07) is 7.32. The van der Waals surface area contributed by atoms with E-state index >= 15 is 0 Å². The predicted octanol–water partition coefficient (Wildman–Crippen LogP) is 0.553. The molecule has 1 amide bonds. The van der Waals surface area contributed by atoms with Crippen molar-refractivity contribution in [1.82, 2.24) is 15.5 Å². The van der Waals surface area contributed by atoms with Gasteiger partial charge in [0.1, 0.15) is 0 Å². The Morgan fingerprint density at radius 3 is 2.94 bits per heavy atom. The molecule has 1 aromatic carbocycles. The first-order valence-electron chi connectivity index (χ1n) is 5.61. The molecule has 0 fully saturated rings. The van der Waals surface area contributed by atoms with Crippen molar-refractivity contribution in [3.05, 3.63) is 42.0 Å². The van der Waals surface area contributed by atoms with Gasteiger partial charge in [0.25, 0.3) is 0 Å². The van der Waals surface area contributed by atoms with Crippen LogP contribution in [-0.2, 0) is 17.6 Å². The molecule has 0 aliphatic carbocycles. The Bertz CT molecular complexity index is 511. The number of para-hydroxylation sites is 1. The van der Waals surface area contributed by atoms with Gasteiger partial charge in [-0.3, -0.25) is 4.79 Å². The fourth-order valence-electron chi connectivity index (χ4n) is 1.55. The Morgan fingerprint density at radius 2 is 2.22 bits per heavy atom. The van der Waals surface area contributed by atoms with E-state index in [1.165, 1.54) is 6.39 Å². The van der Waals surface area contributed by atoms with Gasteiger partial charge in [-0.15, -0.1) is 0 Å². The van der Waals surface area contributed by atoms with Gasteiger partial charge in [-0.2, -0.15) is 4.98 Å². The molecule has 0 spiro atoms. The molecular weight excluding hydrogens is 232 g/mol. The fourth-order valence-corrected chi connectivity index (χ4v) is 1.55. The number of nitrogen functional groups attached to an aromatic ring is 1. The molecule has 1 heterocycles. The number of carbonyl (C=O) groups excluding carboxylic acids is 1. The van der Waals surface area contributed by atoms with Crippen molar-refractivity contribution >= 4 is 11.6 Å². The molecule has 94 valence electrons. The molecule has 0 aliphatic rings. The molecule has 0 aliphatic heterocycles. The molecule has 18 heavy (non-hydrogen) atoms. The summed E-state index contributed by atoms with van der Waals surface area (Å²) in [5.41, 5.74) is 7.22. The van der Waals surface area contributed by atoms with Crippen LogP contribution < -0.4 is 11.1 Å². The molecular formula is C12H14N4O2. The molecule has 0 unspecified atom stereocenters. The van der Waals surface area contributed by atoms with E-state index in [4.69, 9.17) is 5.73 Å². The number of carbonyl (C=O) groups is 1. The smallest absolute Gasteiger partial charge is 0.224 e. The van der Waals surface area contributed by atoms with Gasteiger partial charge in [-0.05, 0) is 11.6 Å². The minimum absolute atomic E-state index is 0.0728. The van der Waals surface area contributed by atoms with E-state index in [1.807, 2.05) is 18.2 Å². The standard InChI is InChI=1S/C12H14N4O2/c13-10-4-2-1-3-9(10)7-12(17)14-6-5-11-15-8-18-16-11/h1-4,8H,5-7,13H2,(H,14,17). The predicted molar refractivity (Wildman–Crippen MR) is 65.6 cm³/mol. The van der Waals surface area contributed by atoms with Gasteiger partial charge in [-0.1, -0.05) is 23.4 Å². The Morgan fingerprint density at radius 1 is 1.39 bits per heavy atom. The van der Waals surface area contributed by atoms with Crippen molar-refractivity contribution in [1.29, 1.82) is 0 Å². The van der Waals surface area contributed by atoms with Crippen LogP contribution >= 0.6 is 0 Å². The summed E-state index contributed by atoms with van der Waals surface area (Å²) in [5.74, 6) is 0.505. The lowest BCUT2D eigenvalue weighted by Gasteiger charge is -2.06. The van der Waals surface area contributed by atoms with Gasteiger partial charge >= 0.3 is 0 Å². The van der Waals surface area contributed by atoms with Crippen LogP contribution in [0.5, 0.6) is 0 Å². The number of benzene rings is 1.